The summed E-state index contributed by atoms with van der Waals surface area (Å²) in [5.74, 6) is 0.0676. The quantitative estimate of drug-likeness (QED) is 0.774. The molecule has 0 unspecified atom stereocenters. The fraction of sp³-hybridized carbons (Fsp3) is 0.500. The molecular weight excluding hydrogens is 254 g/mol. The molecule has 20 heavy (non-hydrogen) atoms. The first kappa shape index (κ1) is 14.3. The first-order chi connectivity index (χ1) is 9.65. The third-order valence-electron chi connectivity index (χ3n) is 3.10. The highest BCUT2D eigenvalue weighted by atomic mass is 16.1. The van der Waals surface area contributed by atoms with Crippen molar-refractivity contribution < 1.29 is 4.79 Å². The minimum atomic E-state index is 0.0676. The lowest BCUT2D eigenvalue weighted by molar-refractivity contribution is -0.121. The second-order valence-electron chi connectivity index (χ2n) is 4.87. The molecule has 0 aliphatic carbocycles. The predicted octanol–water partition coefficient (Wildman–Crippen LogP) is 1.29. The van der Waals surface area contributed by atoms with E-state index in [2.05, 4.69) is 15.5 Å². The molecule has 1 N–H and O–H groups in total. The highest BCUT2D eigenvalue weighted by Gasteiger charge is 2.04. The lowest BCUT2D eigenvalue weighted by Crippen LogP contribution is -2.26. The largest absolute Gasteiger partial charge is 0.356 e. The highest BCUT2D eigenvalue weighted by Crippen LogP contribution is 2.02. The van der Waals surface area contributed by atoms with Crippen molar-refractivity contribution in [3.63, 3.8) is 0 Å². The van der Waals surface area contributed by atoms with E-state index in [-0.39, 0.29) is 5.91 Å². The topological polar surface area (TPSA) is 64.7 Å². The summed E-state index contributed by atoms with van der Waals surface area (Å²) in [6.07, 6.45) is 5.02. The van der Waals surface area contributed by atoms with Crippen molar-refractivity contribution >= 4 is 5.91 Å². The van der Waals surface area contributed by atoms with Crippen LogP contribution in [-0.4, -0.2) is 32.0 Å². The standard InChI is InChI=1S/C14H21N5O/c1-12-11-13(2)19(17-12)10-5-14(20)15-6-3-8-18-9-4-7-16-18/h4,7,9,11H,3,5-6,8,10H2,1-2H3,(H,15,20). The van der Waals surface area contributed by atoms with Crippen LogP contribution in [0.25, 0.3) is 0 Å². The molecule has 1 amide bonds. The van der Waals surface area contributed by atoms with Gasteiger partial charge in [-0.05, 0) is 32.4 Å². The van der Waals surface area contributed by atoms with Gasteiger partial charge >= 0.3 is 0 Å². The number of rotatable bonds is 7. The summed E-state index contributed by atoms with van der Waals surface area (Å²) in [6, 6.07) is 3.91. The number of nitrogens with zero attached hydrogens (tertiary/aromatic N) is 4. The Labute approximate surface area is 118 Å². The van der Waals surface area contributed by atoms with E-state index in [9.17, 15) is 4.79 Å². The predicted molar refractivity (Wildman–Crippen MR) is 76.2 cm³/mol. The molecule has 0 bridgehead atoms. The van der Waals surface area contributed by atoms with E-state index in [0.717, 1.165) is 24.4 Å². The van der Waals surface area contributed by atoms with E-state index in [0.29, 0.717) is 19.5 Å². The third-order valence-corrected chi connectivity index (χ3v) is 3.10. The van der Waals surface area contributed by atoms with Gasteiger partial charge in [-0.2, -0.15) is 10.2 Å². The molecule has 0 aliphatic rings. The van der Waals surface area contributed by atoms with Gasteiger partial charge in [0.15, 0.2) is 0 Å². The van der Waals surface area contributed by atoms with Crippen molar-refractivity contribution in [2.45, 2.75) is 39.8 Å². The number of amides is 1. The minimum Gasteiger partial charge on any atom is -0.356 e. The summed E-state index contributed by atoms with van der Waals surface area (Å²) in [6.45, 7) is 6.09. The zero-order valence-corrected chi connectivity index (χ0v) is 12.0. The number of carbonyl (C=O) groups is 1. The minimum absolute atomic E-state index is 0.0676. The Morgan fingerprint density at radius 2 is 2.20 bits per heavy atom. The Kier molecular flexibility index (Phi) is 4.92. The SMILES string of the molecule is Cc1cc(C)n(CCC(=O)NCCCn2cccn2)n1. The van der Waals surface area contributed by atoms with Gasteiger partial charge < -0.3 is 5.32 Å². The summed E-state index contributed by atoms with van der Waals surface area (Å²) in [5, 5.41) is 11.4. The molecule has 0 spiro atoms. The van der Waals surface area contributed by atoms with Gasteiger partial charge in [0.1, 0.15) is 0 Å². The monoisotopic (exact) mass is 275 g/mol. The normalized spacial score (nSPS) is 10.7. The van der Waals surface area contributed by atoms with E-state index >= 15 is 0 Å². The summed E-state index contributed by atoms with van der Waals surface area (Å²) in [5.41, 5.74) is 2.08. The number of carbonyl (C=O) groups excluding carboxylic acids is 1. The van der Waals surface area contributed by atoms with Crippen LogP contribution in [0.15, 0.2) is 24.5 Å². The molecular formula is C14H21N5O. The second-order valence-corrected chi connectivity index (χ2v) is 4.87. The molecule has 2 aromatic rings. The smallest absolute Gasteiger partial charge is 0.221 e. The van der Waals surface area contributed by atoms with E-state index < -0.39 is 0 Å². The summed E-state index contributed by atoms with van der Waals surface area (Å²) in [4.78, 5) is 11.7. The van der Waals surface area contributed by atoms with Crippen LogP contribution < -0.4 is 5.32 Å². The first-order valence-corrected chi connectivity index (χ1v) is 6.90. The van der Waals surface area contributed by atoms with Gasteiger partial charge in [0.25, 0.3) is 0 Å². The van der Waals surface area contributed by atoms with Gasteiger partial charge in [-0.3, -0.25) is 14.2 Å². The first-order valence-electron chi connectivity index (χ1n) is 6.90. The van der Waals surface area contributed by atoms with Crippen LogP contribution in [0.4, 0.5) is 0 Å². The molecule has 0 saturated heterocycles. The van der Waals surface area contributed by atoms with Crippen LogP contribution in [0.5, 0.6) is 0 Å². The van der Waals surface area contributed by atoms with Gasteiger partial charge in [-0.25, -0.2) is 0 Å². The van der Waals surface area contributed by atoms with E-state index in [1.165, 1.54) is 0 Å². The summed E-state index contributed by atoms with van der Waals surface area (Å²) >= 11 is 0. The fourth-order valence-corrected chi connectivity index (χ4v) is 2.10. The van der Waals surface area contributed by atoms with Gasteiger partial charge in [0, 0.05) is 44.1 Å². The summed E-state index contributed by atoms with van der Waals surface area (Å²) in [7, 11) is 0. The molecule has 2 heterocycles. The molecule has 0 radical (unpaired) electrons. The van der Waals surface area contributed by atoms with Crippen molar-refractivity contribution in [3.8, 4) is 0 Å². The van der Waals surface area contributed by atoms with Crippen LogP contribution in [0.2, 0.25) is 0 Å². The van der Waals surface area contributed by atoms with Crippen molar-refractivity contribution in [2.75, 3.05) is 6.54 Å². The van der Waals surface area contributed by atoms with Crippen molar-refractivity contribution in [1.82, 2.24) is 24.9 Å². The molecule has 6 heteroatoms. The molecule has 2 rings (SSSR count). The lowest BCUT2D eigenvalue weighted by atomic mass is 10.3. The number of aryl methyl sites for hydroxylation is 4. The molecule has 0 aliphatic heterocycles. The Bertz CT molecular complexity index is 544. The van der Waals surface area contributed by atoms with Gasteiger partial charge in [-0.1, -0.05) is 0 Å². The van der Waals surface area contributed by atoms with Crippen molar-refractivity contribution in [2.24, 2.45) is 0 Å². The number of hydrogen-bond donors (Lipinski definition) is 1. The molecule has 0 saturated carbocycles. The Morgan fingerprint density at radius 1 is 1.35 bits per heavy atom. The lowest BCUT2D eigenvalue weighted by Gasteiger charge is -2.06. The third kappa shape index (κ3) is 4.22. The highest BCUT2D eigenvalue weighted by molar-refractivity contribution is 5.75. The molecule has 0 aromatic carbocycles. The van der Waals surface area contributed by atoms with Crippen molar-refractivity contribution in [1.29, 1.82) is 0 Å². The van der Waals surface area contributed by atoms with Crippen LogP contribution in [0, 0.1) is 13.8 Å². The van der Waals surface area contributed by atoms with Crippen LogP contribution in [-0.2, 0) is 17.9 Å². The molecule has 6 nitrogen and oxygen atoms in total. The van der Waals surface area contributed by atoms with Gasteiger partial charge in [0.05, 0.1) is 5.69 Å². The number of hydrogen-bond acceptors (Lipinski definition) is 3. The maximum absolute atomic E-state index is 11.7. The van der Waals surface area contributed by atoms with E-state index in [1.54, 1.807) is 6.20 Å². The van der Waals surface area contributed by atoms with Crippen LogP contribution >= 0.6 is 0 Å². The average Bonchev–Trinajstić information content (AvgIpc) is 3.02. The van der Waals surface area contributed by atoms with Crippen molar-refractivity contribution in [3.05, 3.63) is 35.9 Å². The molecule has 0 fully saturated rings. The average molecular weight is 275 g/mol. The Balaban J connectivity index is 1.62. The fourth-order valence-electron chi connectivity index (χ4n) is 2.10. The van der Waals surface area contributed by atoms with Gasteiger partial charge in [0.2, 0.25) is 5.91 Å². The maximum atomic E-state index is 11.7. The zero-order chi connectivity index (χ0) is 14.4. The Hall–Kier alpha value is -2.11. The van der Waals surface area contributed by atoms with E-state index in [1.807, 2.05) is 41.5 Å². The van der Waals surface area contributed by atoms with E-state index in [4.69, 9.17) is 0 Å². The second kappa shape index (κ2) is 6.88. The molecule has 108 valence electrons. The zero-order valence-electron chi connectivity index (χ0n) is 12.0. The maximum Gasteiger partial charge on any atom is 0.221 e. The molecule has 0 atom stereocenters. The number of aromatic nitrogens is 4. The Morgan fingerprint density at radius 3 is 2.85 bits per heavy atom. The number of nitrogens with one attached hydrogen (secondary N) is 1. The molecule has 2 aromatic heterocycles. The van der Waals surface area contributed by atoms with Crippen LogP contribution in [0.1, 0.15) is 24.2 Å². The van der Waals surface area contributed by atoms with Crippen LogP contribution in [0.3, 0.4) is 0 Å². The van der Waals surface area contributed by atoms with Gasteiger partial charge in [-0.15, -0.1) is 0 Å². The summed E-state index contributed by atoms with van der Waals surface area (Å²) < 4.78 is 3.74.